The highest BCUT2D eigenvalue weighted by atomic mass is 19.2. The molecule has 1 fully saturated rings. The van der Waals surface area contributed by atoms with Crippen molar-refractivity contribution in [1.29, 1.82) is 0 Å². The summed E-state index contributed by atoms with van der Waals surface area (Å²) < 4.78 is 40.6. The van der Waals surface area contributed by atoms with E-state index in [1.165, 1.54) is 0 Å². The molecule has 0 aromatic heterocycles. The number of nitro groups is 1. The average Bonchev–Trinajstić information content (AvgIpc) is 3.05. The van der Waals surface area contributed by atoms with Crippen molar-refractivity contribution in [2.24, 2.45) is 0 Å². The fourth-order valence-corrected chi connectivity index (χ4v) is 2.71. The Hall–Kier alpha value is -2.16. The molecule has 0 saturated carbocycles. The van der Waals surface area contributed by atoms with Crippen molar-refractivity contribution in [3.8, 4) is 0 Å². The summed E-state index contributed by atoms with van der Waals surface area (Å²) in [6.07, 6.45) is 2.09. The van der Waals surface area contributed by atoms with Gasteiger partial charge >= 0.3 is 5.69 Å². The Balaban J connectivity index is 2.19. The number of nitrogens with zero attached hydrogens (tertiary/aromatic N) is 2. The van der Waals surface area contributed by atoms with Crippen LogP contribution < -0.4 is 5.32 Å². The molecule has 1 aromatic carbocycles. The number of nitrogens with one attached hydrogen (secondary N) is 1. The Bertz CT molecular complexity index is 674. The van der Waals surface area contributed by atoms with E-state index in [1.807, 2.05) is 13.8 Å². The van der Waals surface area contributed by atoms with Crippen molar-refractivity contribution in [3.63, 3.8) is 0 Å². The SMILES string of the molecule is CC(C)(CNC(=O)c1cc([N+](=O)[O-])c(F)c(F)c1F)N1CCCC1. The van der Waals surface area contributed by atoms with Gasteiger partial charge in [0.1, 0.15) is 0 Å². The van der Waals surface area contributed by atoms with Crippen LogP contribution in [0.2, 0.25) is 0 Å². The van der Waals surface area contributed by atoms with Crippen molar-refractivity contribution in [1.82, 2.24) is 10.2 Å². The molecule has 1 amide bonds. The lowest BCUT2D eigenvalue weighted by atomic mass is 10.0. The van der Waals surface area contributed by atoms with E-state index in [1.54, 1.807) is 0 Å². The average molecular weight is 345 g/mol. The molecule has 24 heavy (non-hydrogen) atoms. The Labute approximate surface area is 136 Å². The number of rotatable bonds is 5. The Morgan fingerprint density at radius 3 is 2.38 bits per heavy atom. The zero-order chi connectivity index (χ0) is 18.1. The first kappa shape index (κ1) is 18.2. The fraction of sp³-hybridized carbons (Fsp3) is 0.533. The largest absolute Gasteiger partial charge is 0.350 e. The zero-order valence-corrected chi connectivity index (χ0v) is 13.4. The standard InChI is InChI=1S/C15H18F3N3O3/c1-15(2,20-5-3-4-6-20)8-19-14(22)9-7-10(21(23)24)12(17)13(18)11(9)16/h7H,3-6,8H2,1-2H3,(H,19,22). The topological polar surface area (TPSA) is 75.5 Å². The van der Waals surface area contributed by atoms with Crippen LogP contribution in [0.15, 0.2) is 6.07 Å². The zero-order valence-electron chi connectivity index (χ0n) is 13.4. The smallest absolute Gasteiger partial charge is 0.308 e. The van der Waals surface area contributed by atoms with Crippen molar-refractivity contribution in [3.05, 3.63) is 39.2 Å². The minimum atomic E-state index is -2.03. The maximum Gasteiger partial charge on any atom is 0.308 e. The van der Waals surface area contributed by atoms with Gasteiger partial charge < -0.3 is 5.32 Å². The third-order valence-electron chi connectivity index (χ3n) is 4.21. The molecule has 0 aliphatic carbocycles. The Morgan fingerprint density at radius 2 is 1.83 bits per heavy atom. The van der Waals surface area contributed by atoms with E-state index in [0.717, 1.165) is 25.9 Å². The first-order chi connectivity index (χ1) is 11.1. The van der Waals surface area contributed by atoms with E-state index in [4.69, 9.17) is 0 Å². The van der Waals surface area contributed by atoms with E-state index >= 15 is 0 Å². The summed E-state index contributed by atoms with van der Waals surface area (Å²) in [5.41, 5.74) is -2.58. The number of carbonyl (C=O) groups is 1. The Kier molecular flexibility index (Phi) is 5.12. The van der Waals surface area contributed by atoms with Crippen molar-refractivity contribution >= 4 is 11.6 Å². The number of hydrogen-bond acceptors (Lipinski definition) is 4. The second-order valence-corrected chi connectivity index (χ2v) is 6.33. The number of halogens is 3. The summed E-state index contributed by atoms with van der Waals surface area (Å²) in [4.78, 5) is 23.7. The molecule has 1 heterocycles. The maximum atomic E-state index is 13.8. The molecule has 0 unspecified atom stereocenters. The molecule has 1 N–H and O–H groups in total. The summed E-state index contributed by atoms with van der Waals surface area (Å²) in [6, 6.07) is 0.409. The van der Waals surface area contributed by atoms with E-state index in [0.29, 0.717) is 6.07 Å². The van der Waals surface area contributed by atoms with Gasteiger partial charge in [0.05, 0.1) is 10.5 Å². The quantitative estimate of drug-likeness (QED) is 0.506. The second-order valence-electron chi connectivity index (χ2n) is 6.33. The number of likely N-dealkylation sites (tertiary alicyclic amines) is 1. The third kappa shape index (κ3) is 3.50. The number of nitro benzene ring substituents is 1. The monoisotopic (exact) mass is 345 g/mol. The molecule has 2 rings (SSSR count). The van der Waals surface area contributed by atoms with Gasteiger partial charge in [0.2, 0.25) is 11.6 Å². The van der Waals surface area contributed by atoms with Gasteiger partial charge in [-0.15, -0.1) is 0 Å². The summed E-state index contributed by atoms with van der Waals surface area (Å²) in [6.45, 7) is 5.66. The van der Waals surface area contributed by atoms with E-state index < -0.39 is 45.1 Å². The predicted molar refractivity (Wildman–Crippen MR) is 80.2 cm³/mol. The molecule has 9 heteroatoms. The van der Waals surface area contributed by atoms with Gasteiger partial charge in [-0.2, -0.15) is 4.39 Å². The van der Waals surface area contributed by atoms with Crippen LogP contribution in [-0.2, 0) is 0 Å². The van der Waals surface area contributed by atoms with Crippen molar-refractivity contribution in [2.75, 3.05) is 19.6 Å². The molecule has 132 valence electrons. The van der Waals surface area contributed by atoms with Crippen molar-refractivity contribution in [2.45, 2.75) is 32.2 Å². The minimum Gasteiger partial charge on any atom is -0.350 e. The fourth-order valence-electron chi connectivity index (χ4n) is 2.71. The molecule has 0 spiro atoms. The minimum absolute atomic E-state index is 0.137. The van der Waals surface area contributed by atoms with Gasteiger partial charge in [-0.3, -0.25) is 19.8 Å². The Morgan fingerprint density at radius 1 is 1.25 bits per heavy atom. The predicted octanol–water partition coefficient (Wildman–Crippen LogP) is 2.62. The molecule has 1 aliphatic rings. The number of benzene rings is 1. The molecular weight excluding hydrogens is 327 g/mol. The summed E-state index contributed by atoms with van der Waals surface area (Å²) in [5.74, 6) is -6.73. The van der Waals surface area contributed by atoms with Crippen LogP contribution in [0.5, 0.6) is 0 Å². The van der Waals surface area contributed by atoms with Crippen LogP contribution in [0.3, 0.4) is 0 Å². The van der Waals surface area contributed by atoms with Crippen LogP contribution in [0.25, 0.3) is 0 Å². The number of hydrogen-bond donors (Lipinski definition) is 1. The van der Waals surface area contributed by atoms with Gasteiger partial charge in [-0.05, 0) is 39.8 Å². The van der Waals surface area contributed by atoms with Gasteiger partial charge in [-0.1, -0.05) is 0 Å². The van der Waals surface area contributed by atoms with Crippen molar-refractivity contribution < 1.29 is 22.9 Å². The normalized spacial score (nSPS) is 15.5. The highest BCUT2D eigenvalue weighted by Crippen LogP contribution is 2.26. The van der Waals surface area contributed by atoms with E-state index in [9.17, 15) is 28.1 Å². The molecule has 0 bridgehead atoms. The lowest BCUT2D eigenvalue weighted by Gasteiger charge is -2.35. The van der Waals surface area contributed by atoms with E-state index in [-0.39, 0.29) is 6.54 Å². The number of amides is 1. The van der Waals surface area contributed by atoms with Gasteiger partial charge in [0.25, 0.3) is 5.91 Å². The molecular formula is C15H18F3N3O3. The summed E-state index contributed by atoms with van der Waals surface area (Å²) in [5, 5.41) is 13.1. The second kappa shape index (κ2) is 6.76. The first-order valence-electron chi connectivity index (χ1n) is 7.50. The third-order valence-corrected chi connectivity index (χ3v) is 4.21. The molecule has 1 aliphatic heterocycles. The maximum absolute atomic E-state index is 13.8. The van der Waals surface area contributed by atoms with Crippen LogP contribution >= 0.6 is 0 Å². The highest BCUT2D eigenvalue weighted by Gasteiger charge is 2.32. The van der Waals surface area contributed by atoms with Gasteiger partial charge in [0.15, 0.2) is 5.82 Å². The molecule has 0 atom stereocenters. The molecule has 1 aromatic rings. The van der Waals surface area contributed by atoms with Crippen LogP contribution in [-0.4, -0.2) is 40.9 Å². The van der Waals surface area contributed by atoms with Crippen LogP contribution in [0, 0.1) is 27.6 Å². The lowest BCUT2D eigenvalue weighted by Crippen LogP contribution is -2.50. The molecule has 6 nitrogen and oxygen atoms in total. The van der Waals surface area contributed by atoms with E-state index in [2.05, 4.69) is 10.2 Å². The molecule has 0 radical (unpaired) electrons. The molecule has 1 saturated heterocycles. The van der Waals surface area contributed by atoms with Crippen LogP contribution in [0.4, 0.5) is 18.9 Å². The van der Waals surface area contributed by atoms with Gasteiger partial charge in [-0.25, -0.2) is 8.78 Å². The number of carbonyl (C=O) groups excluding carboxylic acids is 1. The highest BCUT2D eigenvalue weighted by molar-refractivity contribution is 5.95. The lowest BCUT2D eigenvalue weighted by molar-refractivity contribution is -0.387. The van der Waals surface area contributed by atoms with Gasteiger partial charge in [0, 0.05) is 18.2 Å². The summed E-state index contributed by atoms with van der Waals surface area (Å²) in [7, 11) is 0. The summed E-state index contributed by atoms with van der Waals surface area (Å²) >= 11 is 0. The first-order valence-corrected chi connectivity index (χ1v) is 7.50. The van der Waals surface area contributed by atoms with Crippen LogP contribution in [0.1, 0.15) is 37.0 Å².